The zero-order valence-corrected chi connectivity index (χ0v) is 35.2. The fraction of sp³-hybridized carbons (Fsp3) is 0.543. The quantitative estimate of drug-likeness (QED) is 0.0708. The van der Waals surface area contributed by atoms with Crippen molar-refractivity contribution >= 4 is 87.5 Å². The van der Waals surface area contributed by atoms with E-state index in [0.717, 1.165) is 32.1 Å². The molecule has 0 spiro atoms. The standard InChI is InChI=1S/C35H46Br4N6O7/c36-18-27-14-24(15-28(19-37)44-27)32(46)42-22-26(23-43-33(47)25-16-29(20-38)45-30(17-25)21-39)34(48)40-8-10-50-12-13-51-11-9-41-35(49)52-31-6-4-2-1-3-5-7-31/h1-2,14-17,26,31H,3-13,18-23H2,(H,40,48)(H,41,49)(H,42,46)(H,43,47)/b2-1+. The van der Waals surface area contributed by atoms with Crippen LogP contribution in [-0.4, -0.2) is 92.5 Å². The van der Waals surface area contributed by atoms with Gasteiger partial charge in [0.05, 0.1) is 55.1 Å². The van der Waals surface area contributed by atoms with Gasteiger partial charge >= 0.3 is 6.09 Å². The number of ether oxygens (including phenoxy) is 3. The van der Waals surface area contributed by atoms with Gasteiger partial charge in [-0.05, 0) is 56.4 Å². The summed E-state index contributed by atoms with van der Waals surface area (Å²) in [5.74, 6) is -1.86. The minimum atomic E-state index is -0.777. The van der Waals surface area contributed by atoms with E-state index in [4.69, 9.17) is 14.2 Å². The van der Waals surface area contributed by atoms with Crippen molar-refractivity contribution in [2.24, 2.45) is 5.92 Å². The van der Waals surface area contributed by atoms with Crippen molar-refractivity contribution in [3.05, 3.63) is 70.3 Å². The average molecular weight is 982 g/mol. The number of carbonyl (C=O) groups is 4. The summed E-state index contributed by atoms with van der Waals surface area (Å²) in [5, 5.41) is 13.1. The summed E-state index contributed by atoms with van der Waals surface area (Å²) in [4.78, 5) is 60.5. The number of nitrogens with zero attached hydrogens (tertiary/aromatic N) is 2. The zero-order chi connectivity index (χ0) is 37.6. The van der Waals surface area contributed by atoms with E-state index in [9.17, 15) is 19.2 Å². The first-order valence-electron chi connectivity index (χ1n) is 17.1. The van der Waals surface area contributed by atoms with Gasteiger partial charge < -0.3 is 35.5 Å². The largest absolute Gasteiger partial charge is 0.446 e. The number of carbonyl (C=O) groups excluding carboxylic acids is 4. The third kappa shape index (κ3) is 16.7. The maximum atomic E-state index is 13.3. The second-order valence-corrected chi connectivity index (χ2v) is 14.0. The first-order chi connectivity index (χ1) is 25.3. The molecule has 13 nitrogen and oxygen atoms in total. The maximum absolute atomic E-state index is 13.3. The van der Waals surface area contributed by atoms with Crippen LogP contribution in [0.15, 0.2) is 36.4 Å². The highest BCUT2D eigenvalue weighted by Gasteiger charge is 2.22. The van der Waals surface area contributed by atoms with E-state index < -0.39 is 12.0 Å². The van der Waals surface area contributed by atoms with Gasteiger partial charge in [-0.2, -0.15) is 0 Å². The first-order valence-corrected chi connectivity index (χ1v) is 21.6. The predicted octanol–water partition coefficient (Wildman–Crippen LogP) is 5.60. The van der Waals surface area contributed by atoms with E-state index in [0.29, 0.717) is 81.6 Å². The molecule has 17 heteroatoms. The third-order valence-electron chi connectivity index (χ3n) is 7.75. The summed E-state index contributed by atoms with van der Waals surface area (Å²) in [6.45, 7) is 1.63. The minimum absolute atomic E-state index is 0.0233. The van der Waals surface area contributed by atoms with E-state index >= 15 is 0 Å². The summed E-state index contributed by atoms with van der Waals surface area (Å²) in [7, 11) is 0. The molecule has 0 fully saturated rings. The topological polar surface area (TPSA) is 170 Å². The molecule has 1 aliphatic rings. The van der Waals surface area contributed by atoms with Crippen LogP contribution in [0.3, 0.4) is 0 Å². The lowest BCUT2D eigenvalue weighted by Gasteiger charge is -2.19. The molecule has 0 saturated heterocycles. The number of rotatable bonds is 21. The Morgan fingerprint density at radius 3 is 1.63 bits per heavy atom. The minimum Gasteiger partial charge on any atom is -0.446 e. The van der Waals surface area contributed by atoms with E-state index in [1.54, 1.807) is 24.3 Å². The van der Waals surface area contributed by atoms with Gasteiger partial charge in [0.15, 0.2) is 0 Å². The number of allylic oxidation sites excluding steroid dienone is 2. The molecule has 3 rings (SSSR count). The van der Waals surface area contributed by atoms with Crippen molar-refractivity contribution < 1.29 is 33.4 Å². The summed E-state index contributed by atoms with van der Waals surface area (Å²) in [6, 6.07) is 6.73. The van der Waals surface area contributed by atoms with Crippen molar-refractivity contribution in [2.45, 2.75) is 59.5 Å². The number of hydrogen-bond donors (Lipinski definition) is 4. The second kappa shape index (κ2) is 25.6. The molecule has 1 aliphatic carbocycles. The van der Waals surface area contributed by atoms with Crippen LogP contribution >= 0.6 is 63.7 Å². The lowest BCUT2D eigenvalue weighted by atomic mass is 10.0. The number of aromatic nitrogens is 2. The van der Waals surface area contributed by atoms with Crippen LogP contribution in [0.4, 0.5) is 4.79 Å². The van der Waals surface area contributed by atoms with Gasteiger partial charge in [0.25, 0.3) is 11.8 Å². The molecule has 0 bridgehead atoms. The molecule has 0 saturated carbocycles. The van der Waals surface area contributed by atoms with Crippen LogP contribution in [0, 0.1) is 5.92 Å². The zero-order valence-electron chi connectivity index (χ0n) is 28.9. The van der Waals surface area contributed by atoms with Crippen molar-refractivity contribution in [3.8, 4) is 0 Å². The van der Waals surface area contributed by atoms with Crippen LogP contribution in [0.2, 0.25) is 0 Å². The monoisotopic (exact) mass is 978 g/mol. The Morgan fingerprint density at radius 2 is 1.13 bits per heavy atom. The molecule has 2 heterocycles. The maximum Gasteiger partial charge on any atom is 0.407 e. The first kappa shape index (κ1) is 44.0. The van der Waals surface area contributed by atoms with Crippen LogP contribution in [0.1, 0.15) is 75.6 Å². The molecule has 0 aromatic carbocycles. The Balaban J connectivity index is 1.43. The van der Waals surface area contributed by atoms with Crippen molar-refractivity contribution in [1.29, 1.82) is 0 Å². The Bertz CT molecular complexity index is 1370. The second-order valence-electron chi connectivity index (χ2n) is 11.8. The number of alkyl halides is 4. The highest BCUT2D eigenvalue weighted by molar-refractivity contribution is 9.09. The van der Waals surface area contributed by atoms with Crippen molar-refractivity contribution in [3.63, 3.8) is 0 Å². The van der Waals surface area contributed by atoms with Gasteiger partial charge in [-0.3, -0.25) is 24.4 Å². The predicted molar refractivity (Wildman–Crippen MR) is 212 cm³/mol. The Hall–Kier alpha value is -2.44. The highest BCUT2D eigenvalue weighted by atomic mass is 79.9. The Kier molecular flexibility index (Phi) is 21.6. The molecule has 1 atom stereocenters. The number of halogens is 4. The van der Waals surface area contributed by atoms with E-state index in [1.807, 2.05) is 0 Å². The molecule has 4 amide bonds. The summed E-state index contributed by atoms with van der Waals surface area (Å²) >= 11 is 13.5. The van der Waals surface area contributed by atoms with E-state index in [1.165, 1.54) is 0 Å². The van der Waals surface area contributed by atoms with Gasteiger partial charge in [0.1, 0.15) is 6.10 Å². The summed E-state index contributed by atoms with van der Waals surface area (Å²) in [6.07, 6.45) is 8.45. The lowest BCUT2D eigenvalue weighted by molar-refractivity contribution is -0.124. The van der Waals surface area contributed by atoms with Crippen LogP contribution < -0.4 is 21.3 Å². The average Bonchev–Trinajstić information content (AvgIpc) is 3.15. The summed E-state index contributed by atoms with van der Waals surface area (Å²) < 4.78 is 16.6. The van der Waals surface area contributed by atoms with Crippen LogP contribution in [0.25, 0.3) is 0 Å². The molecule has 286 valence electrons. The smallest absolute Gasteiger partial charge is 0.407 e. The molecule has 1 unspecified atom stereocenters. The number of alkyl carbamates (subject to hydrolysis) is 1. The van der Waals surface area contributed by atoms with Crippen molar-refractivity contribution in [2.75, 3.05) is 52.6 Å². The Labute approximate surface area is 338 Å². The third-order valence-corrected chi connectivity index (χ3v) is 10.0. The molecular weight excluding hydrogens is 936 g/mol. The van der Waals surface area contributed by atoms with E-state index in [-0.39, 0.29) is 50.1 Å². The van der Waals surface area contributed by atoms with Gasteiger partial charge in [-0.15, -0.1) is 0 Å². The molecule has 0 aliphatic heterocycles. The fourth-order valence-electron chi connectivity index (χ4n) is 5.10. The SMILES string of the molecule is O=C(NCCOCCOCCNC(=O)C(CNC(=O)c1cc(CBr)nc(CBr)c1)CNC(=O)c1cc(CBr)nc(CBr)c1)OC1CC/C=C/CCC1. The molecule has 2 aromatic rings. The number of nitrogens with one attached hydrogen (secondary N) is 4. The van der Waals surface area contributed by atoms with Crippen LogP contribution in [0.5, 0.6) is 0 Å². The van der Waals surface area contributed by atoms with Crippen molar-refractivity contribution in [1.82, 2.24) is 31.2 Å². The van der Waals surface area contributed by atoms with Crippen LogP contribution in [-0.2, 0) is 40.3 Å². The number of amides is 4. The molecule has 4 N–H and O–H groups in total. The number of hydrogen-bond acceptors (Lipinski definition) is 9. The molecule has 52 heavy (non-hydrogen) atoms. The normalized spacial score (nSPS) is 14.9. The molecule has 2 aromatic heterocycles. The summed E-state index contributed by atoms with van der Waals surface area (Å²) in [5.41, 5.74) is 3.63. The van der Waals surface area contributed by atoms with Gasteiger partial charge in [-0.1, -0.05) is 75.9 Å². The van der Waals surface area contributed by atoms with E-state index in [2.05, 4.69) is 107 Å². The molecular formula is C35H46Br4N6O7. The highest BCUT2D eigenvalue weighted by Crippen LogP contribution is 2.16. The van der Waals surface area contributed by atoms with Gasteiger partial charge in [0.2, 0.25) is 5.91 Å². The Morgan fingerprint density at radius 1 is 0.654 bits per heavy atom. The number of pyridine rings is 2. The van der Waals surface area contributed by atoms with Gasteiger partial charge in [0, 0.05) is 58.6 Å². The molecule has 0 radical (unpaired) electrons. The fourth-order valence-corrected chi connectivity index (χ4v) is 6.25. The lowest BCUT2D eigenvalue weighted by Crippen LogP contribution is -2.45. The van der Waals surface area contributed by atoms with Gasteiger partial charge in [-0.25, -0.2) is 4.79 Å².